The minimum Gasteiger partial charge on any atom is -0.345 e. The average molecular weight is 507 g/mol. The van der Waals surface area contributed by atoms with Crippen LogP contribution in [0.5, 0.6) is 0 Å². The summed E-state index contributed by atoms with van der Waals surface area (Å²) in [5, 5.41) is 3.28. The first-order valence-electron chi connectivity index (χ1n) is 12.5. The summed E-state index contributed by atoms with van der Waals surface area (Å²) in [6.45, 7) is 3.31. The van der Waals surface area contributed by atoms with E-state index in [1.807, 2.05) is 77.7 Å². The van der Waals surface area contributed by atoms with Crippen molar-refractivity contribution < 1.29 is 9.59 Å². The fourth-order valence-electron chi connectivity index (χ4n) is 4.56. The van der Waals surface area contributed by atoms with Crippen molar-refractivity contribution in [3.8, 4) is 11.1 Å². The molecule has 2 aromatic carbocycles. The van der Waals surface area contributed by atoms with Crippen LogP contribution in [0.3, 0.4) is 0 Å². The van der Waals surface area contributed by atoms with Crippen molar-refractivity contribution in [3.63, 3.8) is 0 Å². The largest absolute Gasteiger partial charge is 0.345 e. The molecule has 4 aromatic rings. The van der Waals surface area contributed by atoms with E-state index in [1.54, 1.807) is 42.5 Å². The Bertz CT molecular complexity index is 1420. The summed E-state index contributed by atoms with van der Waals surface area (Å²) in [6.07, 6.45) is 5.21. The summed E-state index contributed by atoms with van der Waals surface area (Å²) in [4.78, 5) is 39.4. The number of aromatic nitrogens is 2. The molecule has 1 atom stereocenters. The van der Waals surface area contributed by atoms with Crippen LogP contribution >= 0.6 is 0 Å². The van der Waals surface area contributed by atoms with Gasteiger partial charge in [-0.3, -0.25) is 14.7 Å². The Hall–Kier alpha value is -4.72. The number of amides is 3. The first-order valence-corrected chi connectivity index (χ1v) is 12.5. The van der Waals surface area contributed by atoms with Crippen LogP contribution in [0.25, 0.3) is 11.1 Å². The first kappa shape index (κ1) is 25.0. The predicted octanol–water partition coefficient (Wildman–Crippen LogP) is 5.59. The molecule has 0 bridgehead atoms. The van der Waals surface area contributed by atoms with Gasteiger partial charge in [0.25, 0.3) is 5.91 Å². The lowest BCUT2D eigenvalue weighted by Crippen LogP contribution is -2.33. The van der Waals surface area contributed by atoms with Gasteiger partial charge in [-0.1, -0.05) is 42.5 Å². The van der Waals surface area contributed by atoms with Crippen molar-refractivity contribution in [2.45, 2.75) is 13.0 Å². The van der Waals surface area contributed by atoms with Gasteiger partial charge < -0.3 is 15.1 Å². The molecule has 5 rings (SSSR count). The maximum atomic E-state index is 13.2. The molecule has 1 N–H and O–H groups in total. The molecule has 0 aliphatic carbocycles. The van der Waals surface area contributed by atoms with Gasteiger partial charge in [-0.05, 0) is 48.4 Å². The van der Waals surface area contributed by atoms with Crippen LogP contribution in [0.15, 0.2) is 91.4 Å². The highest BCUT2D eigenvalue weighted by molar-refractivity contribution is 5.95. The number of pyridine rings is 2. The molecule has 1 aliphatic rings. The quantitative estimate of drug-likeness (QED) is 0.353. The molecule has 8 nitrogen and oxygen atoms in total. The zero-order valence-corrected chi connectivity index (χ0v) is 21.7. The average Bonchev–Trinajstić information content (AvgIpc) is 3.34. The van der Waals surface area contributed by atoms with E-state index >= 15 is 0 Å². The smallest absolute Gasteiger partial charge is 0.325 e. The standard InChI is InChI=1S/C30H30N6O2/c1-21(22-7-5-4-6-8-22)35-15-16-36(30(35)38)27-17-26(19-31-20-27)33-28-14-13-25(18-32-28)23-9-11-24(12-10-23)29(37)34(2)3/h4-14,17-21H,15-16H2,1-3H3,(H,32,33). The fraction of sp³-hybridized carbons (Fsp3) is 0.200. The molecule has 192 valence electrons. The molecule has 0 spiro atoms. The normalized spacial score (nSPS) is 13.9. The third kappa shape index (κ3) is 5.20. The lowest BCUT2D eigenvalue weighted by Gasteiger charge is -2.25. The van der Waals surface area contributed by atoms with Gasteiger partial charge >= 0.3 is 6.03 Å². The van der Waals surface area contributed by atoms with Crippen molar-refractivity contribution in [3.05, 3.63) is 103 Å². The van der Waals surface area contributed by atoms with E-state index < -0.39 is 0 Å². The second-order valence-electron chi connectivity index (χ2n) is 9.48. The third-order valence-corrected chi connectivity index (χ3v) is 6.73. The minimum atomic E-state index is -0.0286. The zero-order valence-electron chi connectivity index (χ0n) is 21.7. The number of nitrogens with zero attached hydrogens (tertiary/aromatic N) is 5. The van der Waals surface area contributed by atoms with E-state index in [0.717, 1.165) is 28.1 Å². The third-order valence-electron chi connectivity index (χ3n) is 6.73. The first-order chi connectivity index (χ1) is 18.4. The van der Waals surface area contributed by atoms with Crippen LogP contribution < -0.4 is 10.2 Å². The topological polar surface area (TPSA) is 81.7 Å². The molecule has 3 heterocycles. The van der Waals surface area contributed by atoms with Gasteiger partial charge in [0.1, 0.15) is 5.82 Å². The van der Waals surface area contributed by atoms with E-state index in [9.17, 15) is 9.59 Å². The van der Waals surface area contributed by atoms with E-state index in [-0.39, 0.29) is 18.0 Å². The molecule has 0 radical (unpaired) electrons. The lowest BCUT2D eigenvalue weighted by molar-refractivity contribution is 0.0827. The van der Waals surface area contributed by atoms with Gasteiger partial charge in [0.2, 0.25) is 0 Å². The molecule has 1 aliphatic heterocycles. The number of carbonyl (C=O) groups is 2. The summed E-state index contributed by atoms with van der Waals surface area (Å²) in [5.74, 6) is 0.637. The number of anilines is 3. The molecule has 1 unspecified atom stereocenters. The van der Waals surface area contributed by atoms with Gasteiger partial charge in [-0.15, -0.1) is 0 Å². The Labute approximate surface area is 222 Å². The summed E-state index contributed by atoms with van der Waals surface area (Å²) in [7, 11) is 3.47. The van der Waals surface area contributed by atoms with Gasteiger partial charge in [0.05, 0.1) is 29.8 Å². The Morgan fingerprint density at radius 1 is 0.921 bits per heavy atom. The maximum absolute atomic E-state index is 13.2. The molecule has 0 saturated carbocycles. The molecule has 38 heavy (non-hydrogen) atoms. The SMILES string of the molecule is CC(c1ccccc1)N1CCN(c2cncc(Nc3ccc(-c4ccc(C(=O)N(C)C)cc4)cn3)c2)C1=O. The van der Waals surface area contributed by atoms with Gasteiger partial charge in [0.15, 0.2) is 0 Å². The summed E-state index contributed by atoms with van der Waals surface area (Å²) in [6, 6.07) is 23.3. The molecule has 1 fully saturated rings. The second-order valence-corrected chi connectivity index (χ2v) is 9.48. The number of nitrogens with one attached hydrogen (secondary N) is 1. The van der Waals surface area contributed by atoms with E-state index in [1.165, 1.54) is 0 Å². The predicted molar refractivity (Wildman–Crippen MR) is 150 cm³/mol. The lowest BCUT2D eigenvalue weighted by atomic mass is 10.1. The highest BCUT2D eigenvalue weighted by Gasteiger charge is 2.33. The van der Waals surface area contributed by atoms with Crippen LogP contribution in [0.2, 0.25) is 0 Å². The molecule has 3 amide bonds. The van der Waals surface area contributed by atoms with Crippen molar-refractivity contribution in [1.29, 1.82) is 0 Å². The number of hydrogen-bond acceptors (Lipinski definition) is 5. The molecular weight excluding hydrogens is 476 g/mol. The minimum absolute atomic E-state index is 0.00430. The van der Waals surface area contributed by atoms with E-state index in [4.69, 9.17) is 0 Å². The van der Waals surface area contributed by atoms with E-state index in [2.05, 4.69) is 22.2 Å². The highest BCUT2D eigenvalue weighted by atomic mass is 16.2. The van der Waals surface area contributed by atoms with Crippen molar-refractivity contribution in [2.24, 2.45) is 0 Å². The molecule has 2 aromatic heterocycles. The monoisotopic (exact) mass is 506 g/mol. The van der Waals surface area contributed by atoms with Gasteiger partial charge in [-0.25, -0.2) is 9.78 Å². The Balaban J connectivity index is 1.25. The van der Waals surface area contributed by atoms with Gasteiger partial charge in [-0.2, -0.15) is 0 Å². The highest BCUT2D eigenvalue weighted by Crippen LogP contribution is 2.29. The Morgan fingerprint density at radius 2 is 1.66 bits per heavy atom. The van der Waals surface area contributed by atoms with Crippen LogP contribution in [0.1, 0.15) is 28.9 Å². The van der Waals surface area contributed by atoms with Crippen LogP contribution in [0, 0.1) is 0 Å². The summed E-state index contributed by atoms with van der Waals surface area (Å²) in [5.41, 5.74) is 5.17. The molecule has 1 saturated heterocycles. The maximum Gasteiger partial charge on any atom is 0.325 e. The van der Waals surface area contributed by atoms with Gasteiger partial charge in [0, 0.05) is 44.5 Å². The summed E-state index contributed by atoms with van der Waals surface area (Å²) < 4.78 is 0. The molecular formula is C30H30N6O2. The van der Waals surface area contributed by atoms with Crippen LogP contribution in [0.4, 0.5) is 22.0 Å². The Kier molecular flexibility index (Phi) is 7.04. The van der Waals surface area contributed by atoms with Crippen LogP contribution in [-0.4, -0.2) is 58.9 Å². The Morgan fingerprint density at radius 3 is 2.34 bits per heavy atom. The van der Waals surface area contributed by atoms with Crippen molar-refractivity contribution in [1.82, 2.24) is 19.8 Å². The fourth-order valence-corrected chi connectivity index (χ4v) is 4.56. The second kappa shape index (κ2) is 10.7. The number of benzene rings is 2. The van der Waals surface area contributed by atoms with Crippen LogP contribution in [-0.2, 0) is 0 Å². The van der Waals surface area contributed by atoms with Crippen molar-refractivity contribution in [2.75, 3.05) is 37.4 Å². The number of urea groups is 1. The number of hydrogen-bond donors (Lipinski definition) is 1. The number of carbonyl (C=O) groups excluding carboxylic acids is 2. The summed E-state index contributed by atoms with van der Waals surface area (Å²) >= 11 is 0. The molecule has 8 heteroatoms. The van der Waals surface area contributed by atoms with E-state index in [0.29, 0.717) is 24.5 Å². The van der Waals surface area contributed by atoms with Crippen molar-refractivity contribution >= 4 is 29.1 Å². The zero-order chi connectivity index (χ0) is 26.6. The number of rotatable bonds is 7.